The van der Waals surface area contributed by atoms with E-state index in [0.717, 1.165) is 36.5 Å². The van der Waals surface area contributed by atoms with E-state index >= 15 is 0 Å². The molecule has 0 unspecified atom stereocenters. The van der Waals surface area contributed by atoms with Crippen LogP contribution in [0.1, 0.15) is 29.8 Å². The first-order valence-electron chi connectivity index (χ1n) is 9.50. The third kappa shape index (κ3) is 5.88. The van der Waals surface area contributed by atoms with Crippen molar-refractivity contribution < 1.29 is 19.1 Å². The van der Waals surface area contributed by atoms with Gasteiger partial charge in [-0.15, -0.1) is 0 Å². The molecule has 0 atom stereocenters. The Morgan fingerprint density at radius 3 is 2.71 bits per heavy atom. The van der Waals surface area contributed by atoms with Gasteiger partial charge < -0.3 is 10.4 Å². The molecule has 0 saturated heterocycles. The van der Waals surface area contributed by atoms with Gasteiger partial charge in [-0.2, -0.15) is 5.10 Å². The van der Waals surface area contributed by atoms with Crippen molar-refractivity contribution in [3.8, 4) is 0 Å². The fourth-order valence-electron chi connectivity index (χ4n) is 3.34. The summed E-state index contributed by atoms with van der Waals surface area (Å²) in [4.78, 5) is 25.1. The number of halogens is 1. The van der Waals surface area contributed by atoms with Gasteiger partial charge in [0.2, 0.25) is 5.91 Å². The van der Waals surface area contributed by atoms with Crippen molar-refractivity contribution in [3.05, 3.63) is 53.1 Å². The topological polar surface area (TPSA) is 87.5 Å². The number of aliphatic carboxylic acids is 1. The van der Waals surface area contributed by atoms with Gasteiger partial charge in [0.25, 0.3) is 0 Å². The summed E-state index contributed by atoms with van der Waals surface area (Å²) in [6, 6.07) is 8.22. The molecular formula is C20H25FN4O3. The number of hydrogen-bond acceptors (Lipinski definition) is 4. The second kappa shape index (κ2) is 9.45. The van der Waals surface area contributed by atoms with Gasteiger partial charge in [0.1, 0.15) is 5.82 Å². The highest BCUT2D eigenvalue weighted by Gasteiger charge is 2.18. The van der Waals surface area contributed by atoms with Crippen LogP contribution in [0.25, 0.3) is 0 Å². The number of carbonyl (C=O) groups excluding carboxylic acids is 1. The average Bonchev–Trinajstić information content (AvgIpc) is 2.94. The van der Waals surface area contributed by atoms with E-state index in [4.69, 9.17) is 5.11 Å². The van der Waals surface area contributed by atoms with Crippen LogP contribution in [0, 0.1) is 5.82 Å². The number of fused-ring (bicyclic) bond motifs is 1. The fraction of sp³-hybridized carbons (Fsp3) is 0.450. The van der Waals surface area contributed by atoms with E-state index in [0.29, 0.717) is 32.5 Å². The molecule has 0 bridgehead atoms. The summed E-state index contributed by atoms with van der Waals surface area (Å²) in [7, 11) is 0. The largest absolute Gasteiger partial charge is 0.481 e. The molecule has 0 saturated carbocycles. The zero-order valence-electron chi connectivity index (χ0n) is 15.7. The molecule has 0 radical (unpaired) electrons. The minimum atomic E-state index is -0.831. The number of rotatable bonds is 8. The number of amides is 1. The van der Waals surface area contributed by atoms with Crippen LogP contribution in [0.3, 0.4) is 0 Å². The highest BCUT2D eigenvalue weighted by Crippen LogP contribution is 2.14. The van der Waals surface area contributed by atoms with E-state index in [2.05, 4.69) is 15.3 Å². The van der Waals surface area contributed by atoms with Gasteiger partial charge in [0, 0.05) is 32.6 Å². The van der Waals surface area contributed by atoms with Crippen LogP contribution in [0.15, 0.2) is 30.3 Å². The van der Waals surface area contributed by atoms with E-state index in [1.165, 1.54) is 12.1 Å². The molecular weight excluding hydrogens is 363 g/mol. The maximum absolute atomic E-state index is 12.9. The summed E-state index contributed by atoms with van der Waals surface area (Å²) in [6.07, 6.45) is 2.03. The predicted molar refractivity (Wildman–Crippen MR) is 101 cm³/mol. The highest BCUT2D eigenvalue weighted by atomic mass is 19.1. The first-order chi connectivity index (χ1) is 13.5. The first-order valence-corrected chi connectivity index (χ1v) is 9.50. The van der Waals surface area contributed by atoms with Crippen molar-refractivity contribution >= 4 is 11.9 Å². The molecule has 1 aliphatic rings. The summed E-state index contributed by atoms with van der Waals surface area (Å²) in [6.45, 7) is 3.00. The monoisotopic (exact) mass is 388 g/mol. The maximum atomic E-state index is 12.9. The quantitative estimate of drug-likeness (QED) is 0.717. The van der Waals surface area contributed by atoms with Gasteiger partial charge in [0.05, 0.1) is 24.4 Å². The number of benzene rings is 1. The molecule has 1 aromatic heterocycles. The molecule has 1 amide bonds. The molecule has 1 aromatic carbocycles. The van der Waals surface area contributed by atoms with Crippen LogP contribution in [0.2, 0.25) is 0 Å². The number of aromatic nitrogens is 2. The summed E-state index contributed by atoms with van der Waals surface area (Å²) in [5, 5.41) is 16.2. The summed E-state index contributed by atoms with van der Waals surface area (Å²) in [5.41, 5.74) is 2.77. The molecule has 0 aliphatic carbocycles. The van der Waals surface area contributed by atoms with Crippen LogP contribution in [-0.4, -0.2) is 51.3 Å². The van der Waals surface area contributed by atoms with Crippen molar-refractivity contribution in [3.63, 3.8) is 0 Å². The Bertz CT molecular complexity index is 819. The lowest BCUT2D eigenvalue weighted by Crippen LogP contribution is -2.37. The van der Waals surface area contributed by atoms with E-state index in [1.807, 2.05) is 10.7 Å². The normalized spacial score (nSPS) is 14.3. The number of carboxylic acid groups (broad SMARTS) is 1. The SMILES string of the molecule is O=C(O)CCc1cc2n(n1)CCCN(CC(=O)NCCc1ccc(F)cc1)C2. The number of hydrogen-bond donors (Lipinski definition) is 2. The number of nitrogens with zero attached hydrogens (tertiary/aromatic N) is 3. The number of nitrogens with one attached hydrogen (secondary N) is 1. The predicted octanol–water partition coefficient (Wildman–Crippen LogP) is 1.60. The van der Waals surface area contributed by atoms with E-state index in [1.54, 1.807) is 12.1 Å². The van der Waals surface area contributed by atoms with Crippen molar-refractivity contribution in [2.24, 2.45) is 0 Å². The minimum Gasteiger partial charge on any atom is -0.481 e. The molecule has 150 valence electrons. The second-order valence-electron chi connectivity index (χ2n) is 7.03. The van der Waals surface area contributed by atoms with E-state index in [-0.39, 0.29) is 18.1 Å². The summed E-state index contributed by atoms with van der Waals surface area (Å²) in [5.74, 6) is -1.14. The Labute approximate surface area is 163 Å². The lowest BCUT2D eigenvalue weighted by molar-refractivity contribution is -0.137. The Morgan fingerprint density at radius 2 is 1.96 bits per heavy atom. The van der Waals surface area contributed by atoms with E-state index < -0.39 is 5.97 Å². The zero-order chi connectivity index (χ0) is 19.9. The molecule has 2 heterocycles. The molecule has 0 fully saturated rings. The average molecular weight is 388 g/mol. The summed E-state index contributed by atoms with van der Waals surface area (Å²) >= 11 is 0. The third-order valence-electron chi connectivity index (χ3n) is 4.76. The lowest BCUT2D eigenvalue weighted by Gasteiger charge is -2.18. The van der Waals surface area contributed by atoms with Crippen LogP contribution in [0.5, 0.6) is 0 Å². The van der Waals surface area contributed by atoms with Gasteiger partial charge >= 0.3 is 5.97 Å². The zero-order valence-corrected chi connectivity index (χ0v) is 15.7. The van der Waals surface area contributed by atoms with Gasteiger partial charge in [-0.1, -0.05) is 12.1 Å². The minimum absolute atomic E-state index is 0.0406. The van der Waals surface area contributed by atoms with Crippen molar-refractivity contribution in [2.45, 2.75) is 38.8 Å². The third-order valence-corrected chi connectivity index (χ3v) is 4.76. The van der Waals surface area contributed by atoms with Gasteiger partial charge in [0.15, 0.2) is 0 Å². The highest BCUT2D eigenvalue weighted by molar-refractivity contribution is 5.78. The van der Waals surface area contributed by atoms with E-state index in [9.17, 15) is 14.0 Å². The number of carbonyl (C=O) groups is 2. The van der Waals surface area contributed by atoms with Gasteiger partial charge in [-0.25, -0.2) is 4.39 Å². The number of aryl methyl sites for hydroxylation is 2. The Balaban J connectivity index is 1.46. The lowest BCUT2D eigenvalue weighted by atomic mass is 10.1. The Morgan fingerprint density at radius 1 is 1.18 bits per heavy atom. The first kappa shape index (κ1) is 20.0. The van der Waals surface area contributed by atoms with Crippen LogP contribution in [-0.2, 0) is 35.5 Å². The molecule has 28 heavy (non-hydrogen) atoms. The van der Waals surface area contributed by atoms with Crippen molar-refractivity contribution in [1.29, 1.82) is 0 Å². The Hall–Kier alpha value is -2.74. The summed E-state index contributed by atoms with van der Waals surface area (Å²) < 4.78 is 14.8. The molecule has 8 heteroatoms. The Kier molecular flexibility index (Phi) is 6.76. The second-order valence-corrected chi connectivity index (χ2v) is 7.03. The van der Waals surface area contributed by atoms with Crippen LogP contribution in [0.4, 0.5) is 4.39 Å². The fourth-order valence-corrected chi connectivity index (χ4v) is 3.34. The molecule has 2 N–H and O–H groups in total. The smallest absolute Gasteiger partial charge is 0.303 e. The molecule has 0 spiro atoms. The number of carboxylic acids is 1. The molecule has 1 aliphatic heterocycles. The van der Waals surface area contributed by atoms with Crippen LogP contribution >= 0.6 is 0 Å². The van der Waals surface area contributed by atoms with Crippen molar-refractivity contribution in [1.82, 2.24) is 20.0 Å². The van der Waals surface area contributed by atoms with Crippen molar-refractivity contribution in [2.75, 3.05) is 19.6 Å². The standard InChI is InChI=1S/C20H25FN4O3/c21-16-4-2-15(3-5-16)8-9-22-19(26)14-24-10-1-11-25-18(13-24)12-17(23-25)6-7-20(27)28/h2-5,12H,1,6-11,13-14H2,(H,22,26)(H,27,28). The maximum Gasteiger partial charge on any atom is 0.303 e. The molecule has 2 aromatic rings. The van der Waals surface area contributed by atoms with Gasteiger partial charge in [-0.05, 0) is 36.6 Å². The molecule has 3 rings (SSSR count). The van der Waals surface area contributed by atoms with Crippen LogP contribution < -0.4 is 5.32 Å². The molecule has 7 nitrogen and oxygen atoms in total. The van der Waals surface area contributed by atoms with Gasteiger partial charge in [-0.3, -0.25) is 19.2 Å².